The molecule has 5 aliphatic rings. The van der Waals surface area contributed by atoms with Gasteiger partial charge in [0, 0.05) is 31.5 Å². The summed E-state index contributed by atoms with van der Waals surface area (Å²) >= 11 is 0. The smallest absolute Gasteiger partial charge is 0.410 e. The van der Waals surface area contributed by atoms with Crippen LogP contribution in [0.25, 0.3) is 0 Å². The van der Waals surface area contributed by atoms with Gasteiger partial charge in [-0.2, -0.15) is 0 Å². The lowest BCUT2D eigenvalue weighted by molar-refractivity contribution is -0.177. The number of carbonyl (C=O) groups is 2. The largest absolute Gasteiger partial charge is 0.446 e. The molecule has 0 spiro atoms. The van der Waals surface area contributed by atoms with Crippen LogP contribution in [0.5, 0.6) is 0 Å². The van der Waals surface area contributed by atoms with Crippen molar-refractivity contribution in [1.82, 2.24) is 14.9 Å². The number of nitrogens with one attached hydrogen (secondary N) is 1. The first-order valence-corrected chi connectivity index (χ1v) is 10.4. The SMILES string of the molecule is NC(=O)c1cnc(NC2CCN(C(=O)OC3[C@@H]4CC5C[C@@H]3CC(O)(C5)C4)C2)nc1. The quantitative estimate of drug-likeness (QED) is 0.689. The first kappa shape index (κ1) is 18.6. The molecule has 1 aromatic heterocycles. The lowest BCUT2D eigenvalue weighted by atomic mass is 9.53. The average Bonchev–Trinajstić information content (AvgIpc) is 3.12. The molecule has 0 radical (unpaired) electrons. The summed E-state index contributed by atoms with van der Waals surface area (Å²) in [7, 11) is 0. The third kappa shape index (κ3) is 3.52. The van der Waals surface area contributed by atoms with E-state index in [1.165, 1.54) is 12.4 Å². The van der Waals surface area contributed by atoms with Crippen LogP contribution in [0.2, 0.25) is 0 Å². The van der Waals surface area contributed by atoms with E-state index in [9.17, 15) is 14.7 Å². The summed E-state index contributed by atoms with van der Waals surface area (Å²) in [5, 5.41) is 13.9. The summed E-state index contributed by atoms with van der Waals surface area (Å²) < 4.78 is 5.96. The van der Waals surface area contributed by atoms with Crippen molar-refractivity contribution in [3.63, 3.8) is 0 Å². The summed E-state index contributed by atoms with van der Waals surface area (Å²) in [6, 6.07) is 0.0289. The van der Waals surface area contributed by atoms with Gasteiger partial charge >= 0.3 is 6.09 Å². The maximum atomic E-state index is 12.8. The molecular formula is C20H27N5O4. The third-order valence-electron chi connectivity index (χ3n) is 7.11. The number of hydrogen-bond donors (Lipinski definition) is 3. The molecule has 0 aromatic carbocycles. The van der Waals surface area contributed by atoms with Gasteiger partial charge < -0.3 is 25.8 Å². The Bertz CT molecular complexity index is 800. The van der Waals surface area contributed by atoms with E-state index >= 15 is 0 Å². The van der Waals surface area contributed by atoms with E-state index in [1.807, 2.05) is 0 Å². The fourth-order valence-corrected chi connectivity index (χ4v) is 6.07. The Morgan fingerprint density at radius 2 is 1.90 bits per heavy atom. The maximum Gasteiger partial charge on any atom is 0.410 e. The van der Waals surface area contributed by atoms with Gasteiger partial charge in [0.05, 0.1) is 11.2 Å². The predicted molar refractivity (Wildman–Crippen MR) is 103 cm³/mol. The number of likely N-dealkylation sites (tertiary alicyclic amines) is 1. The third-order valence-corrected chi connectivity index (χ3v) is 7.11. The van der Waals surface area contributed by atoms with Crippen LogP contribution in [0.4, 0.5) is 10.7 Å². The summed E-state index contributed by atoms with van der Waals surface area (Å²) in [5.41, 5.74) is 4.93. The Kier molecular flexibility index (Phi) is 4.38. The van der Waals surface area contributed by atoms with Gasteiger partial charge in [0.15, 0.2) is 0 Å². The van der Waals surface area contributed by atoms with Crippen molar-refractivity contribution in [2.45, 2.75) is 56.3 Å². The molecule has 3 atom stereocenters. The van der Waals surface area contributed by atoms with Crippen LogP contribution in [-0.2, 0) is 4.74 Å². The van der Waals surface area contributed by atoms with Gasteiger partial charge in [0.2, 0.25) is 5.95 Å². The Hall–Kier alpha value is -2.42. The van der Waals surface area contributed by atoms with Gasteiger partial charge in [-0.15, -0.1) is 0 Å². The number of aliphatic hydroxyl groups is 1. The maximum absolute atomic E-state index is 12.8. The first-order chi connectivity index (χ1) is 13.9. The van der Waals surface area contributed by atoms with Crippen molar-refractivity contribution in [1.29, 1.82) is 0 Å². The van der Waals surface area contributed by atoms with E-state index in [4.69, 9.17) is 10.5 Å². The van der Waals surface area contributed by atoms with Gasteiger partial charge in [-0.3, -0.25) is 4.79 Å². The summed E-state index contributed by atoms with van der Waals surface area (Å²) in [5.74, 6) is 1.02. The molecule has 2 amide bonds. The molecule has 5 fully saturated rings. The number of nitrogens with two attached hydrogens (primary N) is 1. The van der Waals surface area contributed by atoms with Crippen LogP contribution in [0.15, 0.2) is 12.4 Å². The number of primary amides is 1. The molecule has 4 saturated carbocycles. The van der Waals surface area contributed by atoms with Crippen LogP contribution in [0.1, 0.15) is 48.9 Å². The second-order valence-electron chi connectivity index (χ2n) is 9.28. The van der Waals surface area contributed by atoms with E-state index in [2.05, 4.69) is 15.3 Å². The molecule has 9 heteroatoms. The number of nitrogens with zero attached hydrogens (tertiary/aromatic N) is 3. The number of anilines is 1. The van der Waals surface area contributed by atoms with E-state index < -0.39 is 11.5 Å². The van der Waals surface area contributed by atoms with Crippen LogP contribution >= 0.6 is 0 Å². The topological polar surface area (TPSA) is 131 Å². The van der Waals surface area contributed by atoms with Crippen molar-refractivity contribution in [3.05, 3.63) is 18.0 Å². The second kappa shape index (κ2) is 6.83. The molecule has 29 heavy (non-hydrogen) atoms. The summed E-state index contributed by atoms with van der Waals surface area (Å²) in [6.07, 6.45) is 7.82. The highest BCUT2D eigenvalue weighted by Crippen LogP contribution is 2.56. The molecule has 1 aliphatic heterocycles. The number of carbonyl (C=O) groups excluding carboxylic acids is 2. The second-order valence-corrected chi connectivity index (χ2v) is 9.28. The zero-order valence-corrected chi connectivity index (χ0v) is 16.3. The van der Waals surface area contributed by atoms with Crippen LogP contribution in [-0.4, -0.2) is 62.8 Å². The normalized spacial score (nSPS) is 37.6. The molecule has 1 aromatic rings. The minimum Gasteiger partial charge on any atom is -0.446 e. The van der Waals surface area contributed by atoms with Crippen molar-refractivity contribution < 1.29 is 19.4 Å². The highest BCUT2D eigenvalue weighted by atomic mass is 16.6. The number of aromatic nitrogens is 2. The lowest BCUT2D eigenvalue weighted by Gasteiger charge is -2.57. The number of amides is 2. The molecule has 6 rings (SSSR count). The Balaban J connectivity index is 1.16. The fraction of sp³-hybridized carbons (Fsp3) is 0.700. The molecule has 2 heterocycles. The zero-order chi connectivity index (χ0) is 20.2. The molecule has 4 N–H and O–H groups in total. The molecular weight excluding hydrogens is 374 g/mol. The zero-order valence-electron chi connectivity index (χ0n) is 16.3. The number of rotatable bonds is 4. The Morgan fingerprint density at radius 1 is 1.21 bits per heavy atom. The van der Waals surface area contributed by atoms with Gasteiger partial charge in [0.25, 0.3) is 5.91 Å². The molecule has 156 valence electrons. The first-order valence-electron chi connectivity index (χ1n) is 10.4. The van der Waals surface area contributed by atoms with E-state index in [0.29, 0.717) is 36.8 Å². The molecule has 1 saturated heterocycles. The van der Waals surface area contributed by atoms with Crippen molar-refractivity contribution >= 4 is 17.9 Å². The summed E-state index contributed by atoms with van der Waals surface area (Å²) in [6.45, 7) is 1.14. The lowest BCUT2D eigenvalue weighted by Crippen LogP contribution is -2.58. The minimum absolute atomic E-state index is 0.0289. The molecule has 9 nitrogen and oxygen atoms in total. The van der Waals surface area contributed by atoms with Gasteiger partial charge in [0.1, 0.15) is 6.10 Å². The monoisotopic (exact) mass is 401 g/mol. The molecule has 1 unspecified atom stereocenters. The van der Waals surface area contributed by atoms with Gasteiger partial charge in [-0.1, -0.05) is 0 Å². The van der Waals surface area contributed by atoms with E-state index in [0.717, 1.165) is 38.5 Å². The van der Waals surface area contributed by atoms with Gasteiger partial charge in [-0.25, -0.2) is 14.8 Å². The number of hydrogen-bond acceptors (Lipinski definition) is 7. The molecule has 4 aliphatic carbocycles. The minimum atomic E-state index is -0.566. The average molecular weight is 401 g/mol. The van der Waals surface area contributed by atoms with Crippen LogP contribution in [0.3, 0.4) is 0 Å². The van der Waals surface area contributed by atoms with E-state index in [-0.39, 0.29) is 23.8 Å². The van der Waals surface area contributed by atoms with Crippen molar-refractivity contribution in [3.8, 4) is 0 Å². The standard InChI is InChI=1S/C20H27N5O4/c21-17(26)14-8-22-18(23-9-14)24-15-1-2-25(10-15)19(27)29-16-12-3-11-4-13(16)7-20(28,5-11)6-12/h8-9,11-13,15-16,28H,1-7,10H2,(H2,21,26)(H,22,23,24)/t11?,12-,13-,15?,16?,20?/m1/s1. The highest BCUT2D eigenvalue weighted by Gasteiger charge is 2.56. The fourth-order valence-electron chi connectivity index (χ4n) is 6.07. The van der Waals surface area contributed by atoms with Crippen molar-refractivity contribution in [2.24, 2.45) is 23.5 Å². The van der Waals surface area contributed by atoms with Crippen molar-refractivity contribution in [2.75, 3.05) is 18.4 Å². The Morgan fingerprint density at radius 3 is 2.52 bits per heavy atom. The number of ether oxygens (including phenoxy) is 1. The van der Waals surface area contributed by atoms with Gasteiger partial charge in [-0.05, 0) is 56.3 Å². The predicted octanol–water partition coefficient (Wildman–Crippen LogP) is 1.14. The highest BCUT2D eigenvalue weighted by molar-refractivity contribution is 5.92. The van der Waals surface area contributed by atoms with Crippen LogP contribution < -0.4 is 11.1 Å². The summed E-state index contributed by atoms with van der Waals surface area (Å²) in [4.78, 5) is 33.8. The Labute approximate surface area is 169 Å². The molecule has 4 bridgehead atoms. The van der Waals surface area contributed by atoms with E-state index in [1.54, 1.807) is 4.90 Å². The van der Waals surface area contributed by atoms with Crippen LogP contribution in [0, 0.1) is 17.8 Å².